The minimum Gasteiger partial charge on any atom is -0.354 e. The highest BCUT2D eigenvalue weighted by Gasteiger charge is 2.29. The molecule has 0 aliphatic carbocycles. The van der Waals surface area contributed by atoms with E-state index in [2.05, 4.69) is 5.32 Å². The lowest BCUT2D eigenvalue weighted by Gasteiger charge is -2.31. The number of anilines is 1. The van der Waals surface area contributed by atoms with Crippen LogP contribution in [-0.2, 0) is 26.2 Å². The van der Waals surface area contributed by atoms with E-state index in [0.29, 0.717) is 30.1 Å². The summed E-state index contributed by atoms with van der Waals surface area (Å²) < 4.78 is 26.3. The van der Waals surface area contributed by atoms with E-state index >= 15 is 0 Å². The number of benzene rings is 2. The number of hydrogen-bond acceptors (Lipinski definition) is 4. The molecule has 0 spiro atoms. The molecule has 0 bridgehead atoms. The maximum Gasteiger partial charge on any atom is 0.242 e. The van der Waals surface area contributed by atoms with Crippen molar-refractivity contribution in [2.24, 2.45) is 5.92 Å². The molecule has 2 rings (SSSR count). The van der Waals surface area contributed by atoms with Gasteiger partial charge in [-0.15, -0.1) is 0 Å². The summed E-state index contributed by atoms with van der Waals surface area (Å²) in [5.41, 5.74) is 2.30. The molecule has 0 saturated heterocycles. The smallest absolute Gasteiger partial charge is 0.242 e. The minimum absolute atomic E-state index is 0.111. The third-order valence-electron chi connectivity index (χ3n) is 5.87. The predicted octanol–water partition coefficient (Wildman–Crippen LogP) is 4.77. The second-order valence-corrected chi connectivity index (χ2v) is 11.8. The molecule has 0 unspecified atom stereocenters. The first-order valence-corrected chi connectivity index (χ1v) is 14.5. The first-order valence-electron chi connectivity index (χ1n) is 12.3. The van der Waals surface area contributed by atoms with Crippen LogP contribution in [0.4, 0.5) is 5.69 Å². The van der Waals surface area contributed by atoms with Crippen molar-refractivity contribution in [1.29, 1.82) is 0 Å². The van der Waals surface area contributed by atoms with Crippen molar-refractivity contribution in [2.75, 3.05) is 23.7 Å². The van der Waals surface area contributed by atoms with Gasteiger partial charge in [-0.25, -0.2) is 8.42 Å². The molecule has 0 aromatic heterocycles. The molecule has 9 heteroatoms. The predicted molar refractivity (Wildman–Crippen MR) is 147 cm³/mol. The molecule has 0 heterocycles. The van der Waals surface area contributed by atoms with Crippen LogP contribution in [0.5, 0.6) is 0 Å². The molecule has 36 heavy (non-hydrogen) atoms. The Bertz CT molecular complexity index is 1120. The van der Waals surface area contributed by atoms with Crippen molar-refractivity contribution >= 4 is 39.1 Å². The second-order valence-electron chi connectivity index (χ2n) is 9.44. The van der Waals surface area contributed by atoms with Crippen LogP contribution in [0.1, 0.15) is 51.2 Å². The van der Waals surface area contributed by atoms with Crippen LogP contribution in [-0.4, -0.2) is 50.5 Å². The van der Waals surface area contributed by atoms with E-state index in [9.17, 15) is 18.0 Å². The number of sulfonamides is 1. The normalized spacial score (nSPS) is 12.3. The van der Waals surface area contributed by atoms with Crippen LogP contribution in [0.3, 0.4) is 0 Å². The highest BCUT2D eigenvalue weighted by molar-refractivity contribution is 7.92. The Morgan fingerprint density at radius 1 is 1.06 bits per heavy atom. The fraction of sp³-hybridized carbons (Fsp3) is 0.481. The van der Waals surface area contributed by atoms with E-state index in [-0.39, 0.29) is 37.2 Å². The van der Waals surface area contributed by atoms with Crippen LogP contribution in [0.2, 0.25) is 5.02 Å². The summed E-state index contributed by atoms with van der Waals surface area (Å²) in [5.74, 6) is -0.101. The van der Waals surface area contributed by atoms with Gasteiger partial charge in [-0.1, -0.05) is 62.7 Å². The molecule has 0 saturated carbocycles. The Labute approximate surface area is 220 Å². The van der Waals surface area contributed by atoms with Gasteiger partial charge in [0.25, 0.3) is 0 Å². The third kappa shape index (κ3) is 8.82. The first kappa shape index (κ1) is 29.6. The summed E-state index contributed by atoms with van der Waals surface area (Å²) in [6.07, 6.45) is 2.06. The van der Waals surface area contributed by atoms with Gasteiger partial charge in [0, 0.05) is 31.1 Å². The molecule has 0 aliphatic rings. The van der Waals surface area contributed by atoms with Crippen LogP contribution in [0.25, 0.3) is 0 Å². The van der Waals surface area contributed by atoms with Crippen LogP contribution >= 0.6 is 11.6 Å². The highest BCUT2D eigenvalue weighted by Crippen LogP contribution is 2.23. The minimum atomic E-state index is -3.53. The lowest BCUT2D eigenvalue weighted by atomic mass is 10.1. The zero-order valence-corrected chi connectivity index (χ0v) is 23.4. The molecule has 2 aromatic carbocycles. The fourth-order valence-corrected chi connectivity index (χ4v) is 5.10. The number of nitrogens with one attached hydrogen (secondary N) is 1. The summed E-state index contributed by atoms with van der Waals surface area (Å²) in [5, 5.41) is 3.54. The van der Waals surface area contributed by atoms with E-state index in [1.165, 1.54) is 10.6 Å². The third-order valence-corrected chi connectivity index (χ3v) is 7.30. The Morgan fingerprint density at radius 2 is 1.69 bits per heavy atom. The molecular formula is C27H38ClN3O4S. The number of halogens is 1. The van der Waals surface area contributed by atoms with Crippen molar-refractivity contribution in [2.45, 2.75) is 59.5 Å². The number of nitrogens with zero attached hydrogens (tertiary/aromatic N) is 2. The van der Waals surface area contributed by atoms with Crippen LogP contribution in [0.15, 0.2) is 48.5 Å². The van der Waals surface area contributed by atoms with Crippen molar-refractivity contribution in [3.63, 3.8) is 0 Å². The topological polar surface area (TPSA) is 86.8 Å². The van der Waals surface area contributed by atoms with Gasteiger partial charge in [0.2, 0.25) is 21.8 Å². The van der Waals surface area contributed by atoms with Crippen molar-refractivity contribution in [3.8, 4) is 0 Å². The summed E-state index contributed by atoms with van der Waals surface area (Å²) in [4.78, 5) is 28.0. The van der Waals surface area contributed by atoms with Gasteiger partial charge < -0.3 is 10.2 Å². The van der Waals surface area contributed by atoms with Gasteiger partial charge >= 0.3 is 0 Å². The Morgan fingerprint density at radius 3 is 2.25 bits per heavy atom. The maximum absolute atomic E-state index is 13.4. The number of para-hydroxylation sites is 1. The van der Waals surface area contributed by atoms with E-state index in [0.717, 1.165) is 11.1 Å². The molecule has 7 nitrogen and oxygen atoms in total. The number of carbonyl (C=O) groups excluding carboxylic acids is 2. The summed E-state index contributed by atoms with van der Waals surface area (Å²) in [7, 11) is -3.53. The lowest BCUT2D eigenvalue weighted by Crippen LogP contribution is -2.49. The molecule has 0 aliphatic heterocycles. The summed E-state index contributed by atoms with van der Waals surface area (Å²) in [6.45, 7) is 8.72. The van der Waals surface area contributed by atoms with E-state index < -0.39 is 16.1 Å². The van der Waals surface area contributed by atoms with Gasteiger partial charge in [-0.05, 0) is 55.0 Å². The van der Waals surface area contributed by atoms with Gasteiger partial charge in [-0.3, -0.25) is 13.9 Å². The summed E-state index contributed by atoms with van der Waals surface area (Å²) >= 11 is 6.02. The average molecular weight is 536 g/mol. The number of aryl methyl sites for hydroxylation is 1. The standard InChI is InChI=1S/C27H38ClN3O4S/c1-6-24(27(33)29-18-20(2)3)30(19-22-13-15-23(28)16-14-22)26(32)12-9-17-31(36(5,34)35)25-11-8-7-10-21(25)4/h7-8,10-11,13-16,20,24H,6,9,12,17-19H2,1-5H3,(H,29,33)/t24-/m0/s1. The summed E-state index contributed by atoms with van der Waals surface area (Å²) in [6, 6.07) is 13.8. The molecule has 2 aromatic rings. The molecule has 0 fully saturated rings. The largest absolute Gasteiger partial charge is 0.354 e. The zero-order valence-electron chi connectivity index (χ0n) is 21.8. The monoisotopic (exact) mass is 535 g/mol. The number of rotatable bonds is 13. The van der Waals surface area contributed by atoms with E-state index in [4.69, 9.17) is 11.6 Å². The molecular weight excluding hydrogens is 498 g/mol. The van der Waals surface area contributed by atoms with Gasteiger partial charge in [0.05, 0.1) is 11.9 Å². The first-order chi connectivity index (χ1) is 16.9. The Hall–Kier alpha value is -2.58. The van der Waals surface area contributed by atoms with Gasteiger partial charge in [0.15, 0.2) is 0 Å². The molecule has 1 atom stereocenters. The van der Waals surface area contributed by atoms with Crippen molar-refractivity contribution in [3.05, 3.63) is 64.7 Å². The SMILES string of the molecule is CC[C@@H](C(=O)NCC(C)C)N(Cc1ccc(Cl)cc1)C(=O)CCCN(c1ccccc1C)S(C)(=O)=O. The number of hydrogen-bond donors (Lipinski definition) is 1. The van der Waals surface area contributed by atoms with Gasteiger partial charge in [0.1, 0.15) is 6.04 Å². The molecule has 0 radical (unpaired) electrons. The highest BCUT2D eigenvalue weighted by atomic mass is 35.5. The van der Waals surface area contributed by atoms with E-state index in [1.807, 2.05) is 52.0 Å². The Kier molecular flexibility index (Phi) is 11.2. The number of carbonyl (C=O) groups is 2. The molecule has 198 valence electrons. The maximum atomic E-state index is 13.4. The second kappa shape index (κ2) is 13.7. The van der Waals surface area contributed by atoms with Gasteiger partial charge in [-0.2, -0.15) is 0 Å². The van der Waals surface area contributed by atoms with Crippen molar-refractivity contribution in [1.82, 2.24) is 10.2 Å². The quantitative estimate of drug-likeness (QED) is 0.400. The average Bonchev–Trinajstić information content (AvgIpc) is 2.81. The van der Waals surface area contributed by atoms with Crippen LogP contribution in [0, 0.1) is 12.8 Å². The van der Waals surface area contributed by atoms with E-state index in [1.54, 1.807) is 29.2 Å². The number of amides is 2. The fourth-order valence-electron chi connectivity index (χ4n) is 3.95. The van der Waals surface area contributed by atoms with Crippen molar-refractivity contribution < 1.29 is 18.0 Å². The van der Waals surface area contributed by atoms with Crippen LogP contribution < -0.4 is 9.62 Å². The molecule has 1 N–H and O–H groups in total. The molecule has 2 amide bonds. The lowest BCUT2D eigenvalue weighted by molar-refractivity contribution is -0.141. The Balaban J connectivity index is 2.21. The zero-order chi connectivity index (χ0) is 26.9.